The Bertz CT molecular complexity index is 230. The van der Waals surface area contributed by atoms with Crippen LogP contribution in [0.2, 0.25) is 0 Å². The zero-order valence-corrected chi connectivity index (χ0v) is 6.75. The van der Waals surface area contributed by atoms with Gasteiger partial charge in [-0.3, -0.25) is 0 Å². The summed E-state index contributed by atoms with van der Waals surface area (Å²) >= 11 is 0. The van der Waals surface area contributed by atoms with Gasteiger partial charge >= 0.3 is 0 Å². The molecule has 7 nitrogen and oxygen atoms in total. The minimum Gasteiger partial charge on any atom is -0.432 e. The van der Waals surface area contributed by atoms with Crippen molar-refractivity contribution in [3.8, 4) is 6.19 Å². The molecule has 0 radical (unpaired) electrons. The normalized spacial score (nSPS) is 6.00. The number of anilines is 1. The summed E-state index contributed by atoms with van der Waals surface area (Å²) in [5, 5.41) is 14.6. The Kier molecular flexibility index (Phi) is 21.9. The molecule has 0 aromatic carbocycles. The van der Waals surface area contributed by atoms with Crippen molar-refractivity contribution in [3.63, 3.8) is 0 Å². The van der Waals surface area contributed by atoms with Crippen LogP contribution in [0.3, 0.4) is 0 Å². The molecule has 0 unspecified atom stereocenters. The van der Waals surface area contributed by atoms with Gasteiger partial charge in [0.15, 0.2) is 6.19 Å². The number of rotatable bonds is 1. The molecule has 0 saturated heterocycles. The van der Waals surface area contributed by atoms with Gasteiger partial charge in [-0.25, -0.2) is 4.98 Å². The highest BCUT2D eigenvalue weighted by Crippen LogP contribution is 1.90. The molecule has 0 atom stereocenters. The Hall–Kier alpha value is -2.07. The standard InChI is InChI=1S/C3H4N2O.C2H4O2.CH2N2.CH4/c4-3-5-1-2-6-3;3-1-2-4;2-1-3;/h1-2H,(H2,4,5);1,4H,2H2;2H2;1H4. The Labute approximate surface area is 82.0 Å². The number of carbonyl (C=O) groups excluding carboxylic acids is 1. The third-order valence-corrected chi connectivity index (χ3v) is 0.526. The number of carbonyl (C=O) groups is 1. The molecular formula is C7H14N4O3. The van der Waals surface area contributed by atoms with Gasteiger partial charge < -0.3 is 25.8 Å². The van der Waals surface area contributed by atoms with Gasteiger partial charge in [0.25, 0.3) is 6.01 Å². The van der Waals surface area contributed by atoms with Crippen LogP contribution in [0.15, 0.2) is 16.9 Å². The minimum absolute atomic E-state index is 0. The maximum atomic E-state index is 8.92. The molecule has 0 aliphatic rings. The van der Waals surface area contributed by atoms with Crippen LogP contribution in [0.5, 0.6) is 0 Å². The van der Waals surface area contributed by atoms with Gasteiger partial charge in [-0.05, 0) is 0 Å². The summed E-state index contributed by atoms with van der Waals surface area (Å²) in [6.45, 7) is -0.361. The van der Waals surface area contributed by atoms with E-state index in [2.05, 4.69) is 15.1 Å². The van der Waals surface area contributed by atoms with Crippen LogP contribution in [-0.2, 0) is 4.79 Å². The third-order valence-electron chi connectivity index (χ3n) is 0.526. The molecule has 1 heterocycles. The van der Waals surface area contributed by atoms with E-state index in [-0.39, 0.29) is 20.0 Å². The summed E-state index contributed by atoms with van der Waals surface area (Å²) in [5.74, 6) is 0. The molecule has 5 N–H and O–H groups in total. The number of oxazole rings is 1. The SMILES string of the molecule is C.N#CN.Nc1ncco1.O=CCO. The van der Waals surface area contributed by atoms with Crippen LogP contribution in [0, 0.1) is 11.5 Å². The van der Waals surface area contributed by atoms with Crippen LogP contribution < -0.4 is 11.5 Å². The topological polar surface area (TPSA) is 139 Å². The summed E-state index contributed by atoms with van der Waals surface area (Å²) in [6, 6.07) is 0.218. The van der Waals surface area contributed by atoms with Crippen molar-refractivity contribution in [2.45, 2.75) is 7.43 Å². The van der Waals surface area contributed by atoms with E-state index < -0.39 is 0 Å². The van der Waals surface area contributed by atoms with E-state index in [9.17, 15) is 0 Å². The smallest absolute Gasteiger partial charge is 0.291 e. The highest BCUT2D eigenvalue weighted by molar-refractivity contribution is 5.49. The van der Waals surface area contributed by atoms with Gasteiger partial charge in [-0.1, -0.05) is 7.43 Å². The summed E-state index contributed by atoms with van der Waals surface area (Å²) in [4.78, 5) is 12.5. The van der Waals surface area contributed by atoms with Gasteiger partial charge in [-0.15, -0.1) is 0 Å². The van der Waals surface area contributed by atoms with Gasteiger partial charge in [-0.2, -0.15) is 5.26 Å². The lowest BCUT2D eigenvalue weighted by Crippen LogP contribution is -1.79. The number of aldehydes is 1. The second-order valence-electron chi connectivity index (χ2n) is 1.35. The average molecular weight is 202 g/mol. The molecule has 0 aliphatic carbocycles. The van der Waals surface area contributed by atoms with Crippen LogP contribution >= 0.6 is 0 Å². The second-order valence-corrected chi connectivity index (χ2v) is 1.35. The van der Waals surface area contributed by atoms with Crippen molar-refractivity contribution < 1.29 is 14.3 Å². The predicted molar refractivity (Wildman–Crippen MR) is 50.6 cm³/mol. The molecule has 1 aromatic heterocycles. The van der Waals surface area contributed by atoms with E-state index in [4.69, 9.17) is 20.9 Å². The van der Waals surface area contributed by atoms with Crippen molar-refractivity contribution in [3.05, 3.63) is 12.5 Å². The maximum Gasteiger partial charge on any atom is 0.291 e. The molecule has 14 heavy (non-hydrogen) atoms. The highest BCUT2D eigenvalue weighted by Gasteiger charge is 1.78. The fourth-order valence-electron chi connectivity index (χ4n) is 0.234. The van der Waals surface area contributed by atoms with Crippen molar-refractivity contribution in [1.29, 1.82) is 5.26 Å². The zero-order chi connectivity index (χ0) is 10.5. The first-order valence-electron chi connectivity index (χ1n) is 3.02. The van der Waals surface area contributed by atoms with Crippen LogP contribution in [-0.4, -0.2) is 23.0 Å². The number of aliphatic hydroxyl groups is 1. The number of nitrogen functional groups attached to an aromatic ring is 1. The zero-order valence-electron chi connectivity index (χ0n) is 6.75. The quantitative estimate of drug-likeness (QED) is 0.316. The molecular weight excluding hydrogens is 188 g/mol. The van der Waals surface area contributed by atoms with Gasteiger partial charge in [0, 0.05) is 0 Å². The summed E-state index contributed by atoms with van der Waals surface area (Å²) in [6.07, 6.45) is 4.60. The number of nitriles is 1. The molecule has 0 spiro atoms. The molecule has 0 fully saturated rings. The highest BCUT2D eigenvalue weighted by atomic mass is 16.3. The van der Waals surface area contributed by atoms with Crippen molar-refractivity contribution in [2.75, 3.05) is 12.3 Å². The van der Waals surface area contributed by atoms with E-state index >= 15 is 0 Å². The molecule has 80 valence electrons. The van der Waals surface area contributed by atoms with E-state index in [0.29, 0.717) is 6.29 Å². The predicted octanol–water partition coefficient (Wildman–Crippen LogP) is -0.503. The van der Waals surface area contributed by atoms with Crippen LogP contribution in [0.25, 0.3) is 0 Å². The number of aliphatic hydroxyl groups excluding tert-OH is 1. The van der Waals surface area contributed by atoms with Crippen molar-refractivity contribution >= 4 is 12.3 Å². The Morgan fingerprint density at radius 1 is 1.79 bits per heavy atom. The number of nitrogens with zero attached hydrogens (tertiary/aromatic N) is 2. The largest absolute Gasteiger partial charge is 0.432 e. The average Bonchev–Trinajstić information content (AvgIpc) is 2.58. The first kappa shape index (κ1) is 17.9. The molecule has 0 aliphatic heterocycles. The summed E-state index contributed by atoms with van der Waals surface area (Å²) in [5.41, 5.74) is 9.15. The number of hydrogen-bond donors (Lipinski definition) is 3. The molecule has 0 bridgehead atoms. The van der Waals surface area contributed by atoms with Gasteiger partial charge in [0.2, 0.25) is 0 Å². The molecule has 0 saturated carbocycles. The first-order chi connectivity index (χ1) is 6.22. The molecule has 1 aromatic rings. The van der Waals surface area contributed by atoms with Crippen LogP contribution in [0.4, 0.5) is 6.01 Å². The van der Waals surface area contributed by atoms with Gasteiger partial charge in [0.1, 0.15) is 12.5 Å². The van der Waals surface area contributed by atoms with E-state index in [1.165, 1.54) is 18.7 Å². The fourth-order valence-corrected chi connectivity index (χ4v) is 0.234. The monoisotopic (exact) mass is 202 g/mol. The number of nitrogens with two attached hydrogens (primary N) is 2. The van der Waals surface area contributed by atoms with Gasteiger partial charge in [0.05, 0.1) is 12.8 Å². The Morgan fingerprint density at radius 3 is 2.29 bits per heavy atom. The maximum absolute atomic E-state index is 8.92. The summed E-state index contributed by atoms with van der Waals surface area (Å²) < 4.78 is 4.50. The van der Waals surface area contributed by atoms with E-state index in [1.54, 1.807) is 0 Å². The third kappa shape index (κ3) is 22.5. The Morgan fingerprint density at radius 2 is 2.21 bits per heavy atom. The number of aromatic nitrogens is 1. The van der Waals surface area contributed by atoms with E-state index in [1.807, 2.05) is 0 Å². The lowest BCUT2D eigenvalue weighted by atomic mass is 10.9. The second kappa shape index (κ2) is 17.1. The number of hydrogen-bond acceptors (Lipinski definition) is 7. The summed E-state index contributed by atoms with van der Waals surface area (Å²) in [7, 11) is 0. The lowest BCUT2D eigenvalue weighted by molar-refractivity contribution is -0.110. The Balaban J connectivity index is -0.000000135. The van der Waals surface area contributed by atoms with Crippen molar-refractivity contribution in [2.24, 2.45) is 5.73 Å². The van der Waals surface area contributed by atoms with Crippen LogP contribution in [0.1, 0.15) is 7.43 Å². The molecule has 7 heteroatoms. The van der Waals surface area contributed by atoms with E-state index in [0.717, 1.165) is 0 Å². The first-order valence-corrected chi connectivity index (χ1v) is 3.02. The molecule has 0 amide bonds. The molecule has 1 rings (SSSR count). The lowest BCUT2D eigenvalue weighted by Gasteiger charge is -1.68. The fraction of sp³-hybridized carbons (Fsp3) is 0.286. The van der Waals surface area contributed by atoms with Crippen molar-refractivity contribution in [1.82, 2.24) is 4.98 Å². The minimum atomic E-state index is -0.361.